The monoisotopic (exact) mass is 319 g/mol. The van der Waals surface area contributed by atoms with Crippen LogP contribution in [0.15, 0.2) is 47.5 Å². The van der Waals surface area contributed by atoms with Crippen molar-refractivity contribution in [1.82, 2.24) is 4.98 Å². The highest BCUT2D eigenvalue weighted by molar-refractivity contribution is 7.87. The van der Waals surface area contributed by atoms with Gasteiger partial charge in [0.25, 0.3) is 0 Å². The summed E-state index contributed by atoms with van der Waals surface area (Å²) in [5.41, 5.74) is 1.99. The van der Waals surface area contributed by atoms with Crippen LogP contribution in [0, 0.1) is 0 Å². The number of nitrogens with zero attached hydrogens (tertiary/aromatic N) is 1. The Balaban J connectivity index is 2.25. The van der Waals surface area contributed by atoms with Gasteiger partial charge >= 0.3 is 10.1 Å². The zero-order chi connectivity index (χ0) is 16.3. The van der Waals surface area contributed by atoms with Gasteiger partial charge in [-0.2, -0.15) is 8.42 Å². The molecule has 2 aromatic rings. The molecule has 0 fully saturated rings. The summed E-state index contributed by atoms with van der Waals surface area (Å²) in [6.07, 6.45) is 1.64. The van der Waals surface area contributed by atoms with Gasteiger partial charge in [0.2, 0.25) is 5.88 Å². The van der Waals surface area contributed by atoms with E-state index in [4.69, 9.17) is 4.18 Å². The van der Waals surface area contributed by atoms with E-state index in [0.717, 1.165) is 11.1 Å². The lowest BCUT2D eigenvalue weighted by atomic mass is 10.0. The molecule has 0 atom stereocenters. The second kappa shape index (κ2) is 6.48. The Morgan fingerprint density at radius 2 is 1.64 bits per heavy atom. The SMILES string of the molecule is CC(C)c1ccc(OS(=O)(=O)c2cccc(C(C)C)c2)nc1. The number of pyridine rings is 1. The summed E-state index contributed by atoms with van der Waals surface area (Å²) < 4.78 is 29.8. The van der Waals surface area contributed by atoms with Crippen LogP contribution >= 0.6 is 0 Å². The highest BCUT2D eigenvalue weighted by Crippen LogP contribution is 2.22. The van der Waals surface area contributed by atoms with Crippen molar-refractivity contribution in [3.8, 4) is 5.88 Å². The quantitative estimate of drug-likeness (QED) is 0.779. The fourth-order valence-electron chi connectivity index (χ4n) is 1.97. The molecular weight excluding hydrogens is 298 g/mol. The standard InChI is InChI=1S/C17H21NO3S/c1-12(2)14-6-5-7-16(10-14)22(19,20)21-17-9-8-15(11-18-17)13(3)4/h5-13H,1-4H3. The first-order chi connectivity index (χ1) is 10.3. The summed E-state index contributed by atoms with van der Waals surface area (Å²) in [6, 6.07) is 10.2. The Labute approximate surface area is 132 Å². The average molecular weight is 319 g/mol. The van der Waals surface area contributed by atoms with Gasteiger partial charge in [-0.15, -0.1) is 0 Å². The zero-order valence-electron chi connectivity index (χ0n) is 13.3. The second-order valence-corrected chi connectivity index (χ2v) is 7.40. The molecule has 1 aromatic carbocycles. The minimum Gasteiger partial charge on any atom is -0.358 e. The minimum absolute atomic E-state index is 0.0827. The van der Waals surface area contributed by atoms with Crippen LogP contribution in [-0.2, 0) is 10.1 Å². The molecule has 0 saturated carbocycles. The molecule has 1 aromatic heterocycles. The van der Waals surface area contributed by atoms with E-state index < -0.39 is 10.1 Å². The molecule has 0 aliphatic rings. The summed E-state index contributed by atoms with van der Waals surface area (Å²) in [5, 5.41) is 0. The van der Waals surface area contributed by atoms with E-state index in [-0.39, 0.29) is 16.7 Å². The second-order valence-electron chi connectivity index (χ2n) is 5.85. The van der Waals surface area contributed by atoms with Gasteiger partial charge in [-0.05, 0) is 35.1 Å². The summed E-state index contributed by atoms with van der Waals surface area (Å²) >= 11 is 0. The van der Waals surface area contributed by atoms with Gasteiger partial charge in [-0.3, -0.25) is 0 Å². The molecule has 0 spiro atoms. The first-order valence-corrected chi connectivity index (χ1v) is 8.71. The van der Waals surface area contributed by atoms with Gasteiger partial charge < -0.3 is 4.18 Å². The van der Waals surface area contributed by atoms with Crippen LogP contribution in [0.5, 0.6) is 5.88 Å². The zero-order valence-corrected chi connectivity index (χ0v) is 14.1. The molecule has 0 amide bonds. The number of hydrogen-bond acceptors (Lipinski definition) is 4. The molecule has 0 radical (unpaired) electrons. The molecule has 0 N–H and O–H groups in total. The molecule has 1 heterocycles. The first-order valence-electron chi connectivity index (χ1n) is 7.30. The average Bonchev–Trinajstić information content (AvgIpc) is 2.47. The molecule has 5 heteroatoms. The van der Waals surface area contributed by atoms with Crippen LogP contribution in [0.2, 0.25) is 0 Å². The third-order valence-corrected chi connectivity index (χ3v) is 4.66. The summed E-state index contributed by atoms with van der Waals surface area (Å²) in [4.78, 5) is 4.21. The van der Waals surface area contributed by atoms with E-state index in [2.05, 4.69) is 4.98 Å². The summed E-state index contributed by atoms with van der Waals surface area (Å²) in [6.45, 7) is 8.12. The van der Waals surface area contributed by atoms with E-state index >= 15 is 0 Å². The van der Waals surface area contributed by atoms with E-state index in [0.29, 0.717) is 5.92 Å². The van der Waals surface area contributed by atoms with Crippen molar-refractivity contribution >= 4 is 10.1 Å². The smallest absolute Gasteiger partial charge is 0.340 e. The lowest BCUT2D eigenvalue weighted by Gasteiger charge is -2.10. The molecule has 0 aliphatic heterocycles. The van der Waals surface area contributed by atoms with E-state index in [1.807, 2.05) is 39.8 Å². The molecule has 118 valence electrons. The van der Waals surface area contributed by atoms with Crippen LogP contribution in [0.4, 0.5) is 0 Å². The lowest BCUT2D eigenvalue weighted by molar-refractivity contribution is 0.475. The molecule has 0 bridgehead atoms. The Hall–Kier alpha value is -1.88. The van der Waals surface area contributed by atoms with Crippen molar-refractivity contribution in [2.75, 3.05) is 0 Å². The van der Waals surface area contributed by atoms with Gasteiger partial charge in [0, 0.05) is 12.3 Å². The van der Waals surface area contributed by atoms with E-state index in [1.165, 1.54) is 6.07 Å². The van der Waals surface area contributed by atoms with Crippen molar-refractivity contribution in [3.63, 3.8) is 0 Å². The number of benzene rings is 1. The first kappa shape index (κ1) is 16.5. The fraction of sp³-hybridized carbons (Fsp3) is 0.353. The molecule has 0 aliphatic carbocycles. The number of aromatic nitrogens is 1. The molecule has 0 saturated heterocycles. The molecule has 0 unspecified atom stereocenters. The van der Waals surface area contributed by atoms with Gasteiger partial charge in [-0.1, -0.05) is 45.9 Å². The van der Waals surface area contributed by atoms with Gasteiger partial charge in [0.1, 0.15) is 4.90 Å². The third-order valence-electron chi connectivity index (χ3n) is 3.43. The van der Waals surface area contributed by atoms with Gasteiger partial charge in [0.15, 0.2) is 0 Å². The predicted molar refractivity (Wildman–Crippen MR) is 86.7 cm³/mol. The normalized spacial score (nSPS) is 11.9. The van der Waals surface area contributed by atoms with Crippen LogP contribution in [0.3, 0.4) is 0 Å². The van der Waals surface area contributed by atoms with E-state index in [9.17, 15) is 8.42 Å². The third kappa shape index (κ3) is 3.85. The summed E-state index contributed by atoms with van der Waals surface area (Å²) in [5.74, 6) is 0.666. The molecule has 4 nitrogen and oxygen atoms in total. The fourth-order valence-corrected chi connectivity index (χ4v) is 2.92. The predicted octanol–water partition coefficient (Wildman–Crippen LogP) is 4.10. The van der Waals surface area contributed by atoms with Crippen molar-refractivity contribution in [3.05, 3.63) is 53.7 Å². The van der Waals surface area contributed by atoms with Crippen molar-refractivity contribution in [2.45, 2.75) is 44.4 Å². The number of rotatable bonds is 5. The van der Waals surface area contributed by atoms with Crippen molar-refractivity contribution in [1.29, 1.82) is 0 Å². The maximum atomic E-state index is 12.3. The number of hydrogen-bond donors (Lipinski definition) is 0. The summed E-state index contributed by atoms with van der Waals surface area (Å²) in [7, 11) is -3.86. The Bertz CT molecular complexity index is 735. The van der Waals surface area contributed by atoms with Crippen molar-refractivity contribution < 1.29 is 12.6 Å². The van der Waals surface area contributed by atoms with Crippen LogP contribution < -0.4 is 4.18 Å². The van der Waals surface area contributed by atoms with Gasteiger partial charge in [0.05, 0.1) is 0 Å². The van der Waals surface area contributed by atoms with Crippen LogP contribution in [0.25, 0.3) is 0 Å². The van der Waals surface area contributed by atoms with Crippen LogP contribution in [0.1, 0.15) is 50.7 Å². The van der Waals surface area contributed by atoms with Crippen molar-refractivity contribution in [2.24, 2.45) is 0 Å². The van der Waals surface area contributed by atoms with E-state index in [1.54, 1.807) is 24.4 Å². The minimum atomic E-state index is -3.86. The highest BCUT2D eigenvalue weighted by Gasteiger charge is 2.18. The maximum absolute atomic E-state index is 12.3. The molecule has 22 heavy (non-hydrogen) atoms. The highest BCUT2D eigenvalue weighted by atomic mass is 32.2. The van der Waals surface area contributed by atoms with Crippen LogP contribution in [-0.4, -0.2) is 13.4 Å². The topological polar surface area (TPSA) is 56.3 Å². The molecular formula is C17H21NO3S. The Morgan fingerprint density at radius 1 is 0.955 bits per heavy atom. The Morgan fingerprint density at radius 3 is 2.18 bits per heavy atom. The maximum Gasteiger partial charge on any atom is 0.340 e. The lowest BCUT2D eigenvalue weighted by Crippen LogP contribution is -2.11. The Kier molecular flexibility index (Phi) is 4.86. The molecule has 2 rings (SSSR count). The van der Waals surface area contributed by atoms with Gasteiger partial charge in [-0.25, -0.2) is 4.98 Å². The largest absolute Gasteiger partial charge is 0.358 e.